The predicted octanol–water partition coefficient (Wildman–Crippen LogP) is 2.80. The fraction of sp³-hybridized carbons (Fsp3) is 0.600. The Bertz CT molecular complexity index is 424. The van der Waals surface area contributed by atoms with Gasteiger partial charge in [-0.1, -0.05) is 18.2 Å². The highest BCUT2D eigenvalue weighted by atomic mass is 16.5. The van der Waals surface area contributed by atoms with E-state index in [1.54, 1.807) is 7.11 Å². The van der Waals surface area contributed by atoms with Crippen LogP contribution in [0.15, 0.2) is 24.3 Å². The van der Waals surface area contributed by atoms with E-state index in [-0.39, 0.29) is 11.6 Å². The summed E-state index contributed by atoms with van der Waals surface area (Å²) in [4.78, 5) is 0. The van der Waals surface area contributed by atoms with Crippen LogP contribution >= 0.6 is 0 Å². The van der Waals surface area contributed by atoms with Gasteiger partial charge in [0.15, 0.2) is 0 Å². The van der Waals surface area contributed by atoms with E-state index in [2.05, 4.69) is 6.07 Å². The second-order valence-electron chi connectivity index (χ2n) is 5.57. The molecule has 0 bridgehead atoms. The maximum Gasteiger partial charge on any atom is 0.124 e. The van der Waals surface area contributed by atoms with E-state index < -0.39 is 0 Å². The Morgan fingerprint density at radius 3 is 2.72 bits per heavy atom. The first-order valence-electron chi connectivity index (χ1n) is 6.79. The first-order chi connectivity index (χ1) is 8.72. The zero-order chi connectivity index (χ0) is 12.6. The number of rotatable bonds is 1. The van der Waals surface area contributed by atoms with E-state index in [1.165, 1.54) is 0 Å². The maximum absolute atomic E-state index is 6.31. The molecular weight excluding hydrogens is 226 g/mol. The van der Waals surface area contributed by atoms with Gasteiger partial charge in [0.05, 0.1) is 6.10 Å². The van der Waals surface area contributed by atoms with Gasteiger partial charge in [-0.25, -0.2) is 0 Å². The number of ether oxygens (including phenoxy) is 2. The second-order valence-corrected chi connectivity index (χ2v) is 5.57. The zero-order valence-electron chi connectivity index (χ0n) is 10.9. The van der Waals surface area contributed by atoms with Crippen molar-refractivity contribution in [1.29, 1.82) is 0 Å². The van der Waals surface area contributed by atoms with Crippen molar-refractivity contribution < 1.29 is 9.47 Å². The number of nitrogens with two attached hydrogens (primary N) is 1. The van der Waals surface area contributed by atoms with Crippen LogP contribution in [0.25, 0.3) is 0 Å². The monoisotopic (exact) mass is 247 g/mol. The van der Waals surface area contributed by atoms with Crippen molar-refractivity contribution in [2.45, 2.75) is 49.9 Å². The molecule has 2 aliphatic rings. The van der Waals surface area contributed by atoms with Crippen LogP contribution < -0.4 is 10.5 Å². The normalized spacial score (nSPS) is 35.0. The van der Waals surface area contributed by atoms with Crippen molar-refractivity contribution in [2.24, 2.45) is 5.73 Å². The van der Waals surface area contributed by atoms with E-state index in [1.807, 2.05) is 18.2 Å². The van der Waals surface area contributed by atoms with Gasteiger partial charge in [0.25, 0.3) is 0 Å². The van der Waals surface area contributed by atoms with E-state index in [0.717, 1.165) is 43.4 Å². The van der Waals surface area contributed by atoms with Crippen LogP contribution in [0.5, 0.6) is 5.75 Å². The summed E-state index contributed by atoms with van der Waals surface area (Å²) in [5.74, 6) is 0.979. The molecule has 3 nitrogen and oxygen atoms in total. The minimum Gasteiger partial charge on any atom is -0.487 e. The lowest BCUT2D eigenvalue weighted by Gasteiger charge is -2.45. The van der Waals surface area contributed by atoms with Gasteiger partial charge in [0, 0.05) is 25.1 Å². The Kier molecular flexibility index (Phi) is 3.04. The molecule has 1 aromatic rings. The fourth-order valence-electron chi connectivity index (χ4n) is 3.32. The van der Waals surface area contributed by atoms with Gasteiger partial charge in [0.1, 0.15) is 11.4 Å². The van der Waals surface area contributed by atoms with Gasteiger partial charge in [-0.3, -0.25) is 0 Å². The Balaban J connectivity index is 1.81. The standard InChI is InChI=1S/C15H21NO2/c1-17-11-6-8-15(9-7-11)10-13(16)12-4-2-3-5-14(12)18-15/h2-5,11,13H,6-10,16H2,1H3/t11?,13-,15?/m1/s1. The van der Waals surface area contributed by atoms with Gasteiger partial charge in [-0.2, -0.15) is 0 Å². The Hall–Kier alpha value is -1.06. The van der Waals surface area contributed by atoms with Crippen LogP contribution in [0.1, 0.15) is 43.7 Å². The summed E-state index contributed by atoms with van der Waals surface area (Å²) in [6, 6.07) is 8.27. The van der Waals surface area contributed by atoms with E-state index in [0.29, 0.717) is 6.10 Å². The number of hydrogen-bond acceptors (Lipinski definition) is 3. The summed E-state index contributed by atoms with van der Waals surface area (Å²) in [5.41, 5.74) is 7.40. The third-order valence-electron chi connectivity index (χ3n) is 4.41. The van der Waals surface area contributed by atoms with E-state index in [9.17, 15) is 0 Å². The Labute approximate surface area is 108 Å². The molecule has 3 heteroatoms. The van der Waals surface area contributed by atoms with Crippen molar-refractivity contribution >= 4 is 0 Å². The summed E-state index contributed by atoms with van der Waals surface area (Å²) in [6.07, 6.45) is 5.57. The number of methoxy groups -OCH3 is 1. The molecule has 98 valence electrons. The number of hydrogen-bond donors (Lipinski definition) is 1. The molecule has 0 amide bonds. The summed E-state index contributed by atoms with van der Waals surface area (Å²) in [5, 5.41) is 0. The number of benzene rings is 1. The van der Waals surface area contributed by atoms with Gasteiger partial charge < -0.3 is 15.2 Å². The number of fused-ring (bicyclic) bond motifs is 1. The van der Waals surface area contributed by atoms with Crippen molar-refractivity contribution in [2.75, 3.05) is 7.11 Å². The first kappa shape index (κ1) is 12.0. The Morgan fingerprint density at radius 2 is 2.00 bits per heavy atom. The summed E-state index contributed by atoms with van der Waals surface area (Å²) < 4.78 is 11.7. The molecule has 1 saturated carbocycles. The summed E-state index contributed by atoms with van der Waals surface area (Å²) in [6.45, 7) is 0. The SMILES string of the molecule is COC1CCC2(CC1)C[C@@H](N)c1ccccc1O2. The van der Waals surface area contributed by atoms with Crippen LogP contribution in [-0.2, 0) is 4.74 Å². The molecule has 3 rings (SSSR count). The van der Waals surface area contributed by atoms with Crippen LogP contribution in [-0.4, -0.2) is 18.8 Å². The minimum absolute atomic E-state index is 0.0528. The lowest BCUT2D eigenvalue weighted by molar-refractivity contribution is -0.0428. The van der Waals surface area contributed by atoms with Crippen molar-refractivity contribution in [3.05, 3.63) is 29.8 Å². The largest absolute Gasteiger partial charge is 0.487 e. The van der Waals surface area contributed by atoms with Crippen molar-refractivity contribution in [3.63, 3.8) is 0 Å². The average molecular weight is 247 g/mol. The molecule has 1 aliphatic heterocycles. The lowest BCUT2D eigenvalue weighted by atomic mass is 9.76. The molecule has 1 atom stereocenters. The molecule has 1 fully saturated rings. The fourth-order valence-corrected chi connectivity index (χ4v) is 3.32. The molecule has 0 radical (unpaired) electrons. The first-order valence-corrected chi connectivity index (χ1v) is 6.79. The summed E-state index contributed by atoms with van der Waals surface area (Å²) in [7, 11) is 1.80. The molecule has 1 aliphatic carbocycles. The molecule has 1 heterocycles. The molecule has 0 aromatic heterocycles. The van der Waals surface area contributed by atoms with Crippen molar-refractivity contribution in [3.8, 4) is 5.75 Å². The lowest BCUT2D eigenvalue weighted by Crippen LogP contribution is -2.46. The topological polar surface area (TPSA) is 44.5 Å². The van der Waals surface area contributed by atoms with Crippen LogP contribution in [0.4, 0.5) is 0 Å². The zero-order valence-corrected chi connectivity index (χ0v) is 10.9. The van der Waals surface area contributed by atoms with Gasteiger partial charge in [-0.05, 0) is 31.7 Å². The second kappa shape index (κ2) is 4.56. The van der Waals surface area contributed by atoms with Gasteiger partial charge in [0.2, 0.25) is 0 Å². The average Bonchev–Trinajstić information content (AvgIpc) is 2.40. The molecule has 0 saturated heterocycles. The third-order valence-corrected chi connectivity index (χ3v) is 4.41. The van der Waals surface area contributed by atoms with Crippen molar-refractivity contribution in [1.82, 2.24) is 0 Å². The van der Waals surface area contributed by atoms with Gasteiger partial charge >= 0.3 is 0 Å². The highest BCUT2D eigenvalue weighted by molar-refractivity contribution is 5.38. The number of para-hydroxylation sites is 1. The van der Waals surface area contributed by atoms with Crippen LogP contribution in [0.3, 0.4) is 0 Å². The predicted molar refractivity (Wildman–Crippen MR) is 70.6 cm³/mol. The molecule has 1 aromatic carbocycles. The smallest absolute Gasteiger partial charge is 0.124 e. The summed E-state index contributed by atoms with van der Waals surface area (Å²) >= 11 is 0. The minimum atomic E-state index is -0.0528. The quantitative estimate of drug-likeness (QED) is 0.830. The van der Waals surface area contributed by atoms with Crippen LogP contribution in [0.2, 0.25) is 0 Å². The molecule has 1 spiro atoms. The highest BCUT2D eigenvalue weighted by Crippen LogP contribution is 2.45. The van der Waals surface area contributed by atoms with Crippen LogP contribution in [0, 0.1) is 0 Å². The van der Waals surface area contributed by atoms with E-state index >= 15 is 0 Å². The van der Waals surface area contributed by atoms with E-state index in [4.69, 9.17) is 15.2 Å². The molecule has 2 N–H and O–H groups in total. The molecule has 18 heavy (non-hydrogen) atoms. The Morgan fingerprint density at radius 1 is 1.28 bits per heavy atom. The highest BCUT2D eigenvalue weighted by Gasteiger charge is 2.42. The maximum atomic E-state index is 6.31. The molecule has 0 unspecified atom stereocenters. The third kappa shape index (κ3) is 2.02. The molecular formula is C15H21NO2. The van der Waals surface area contributed by atoms with Gasteiger partial charge in [-0.15, -0.1) is 0 Å².